The van der Waals surface area contributed by atoms with Crippen LogP contribution in [0.15, 0.2) is 18.2 Å². The van der Waals surface area contributed by atoms with Gasteiger partial charge in [-0.25, -0.2) is 0 Å². The summed E-state index contributed by atoms with van der Waals surface area (Å²) < 4.78 is 5.12. The van der Waals surface area contributed by atoms with Crippen LogP contribution < -0.4 is 4.74 Å². The molecule has 0 fully saturated rings. The fourth-order valence-electron chi connectivity index (χ4n) is 1.10. The zero-order valence-corrected chi connectivity index (χ0v) is 8.64. The molecular weight excluding hydrogens is 198 g/mol. The van der Waals surface area contributed by atoms with Crippen molar-refractivity contribution < 1.29 is 14.8 Å². The van der Waals surface area contributed by atoms with Gasteiger partial charge in [0.15, 0.2) is 5.75 Å². The van der Waals surface area contributed by atoms with Crippen LogP contribution >= 0.6 is 0 Å². The highest BCUT2D eigenvalue weighted by Gasteiger charge is 2.15. The van der Waals surface area contributed by atoms with E-state index in [1.165, 1.54) is 12.1 Å². The first-order chi connectivity index (χ1) is 7.00. The fourth-order valence-corrected chi connectivity index (χ4v) is 1.10. The predicted molar refractivity (Wildman–Crippen MR) is 55.0 cm³/mol. The number of aliphatic hydroxyl groups excluding tert-OH is 1. The van der Waals surface area contributed by atoms with Gasteiger partial charge in [-0.1, -0.05) is 6.07 Å². The van der Waals surface area contributed by atoms with E-state index in [2.05, 4.69) is 0 Å². The van der Waals surface area contributed by atoms with Crippen LogP contribution in [0, 0.1) is 17.0 Å². The summed E-state index contributed by atoms with van der Waals surface area (Å²) in [7, 11) is 0. The second kappa shape index (κ2) is 4.75. The molecule has 0 aromatic heterocycles. The Balaban J connectivity index is 2.91. The van der Waals surface area contributed by atoms with Crippen molar-refractivity contribution in [2.45, 2.75) is 20.0 Å². The van der Waals surface area contributed by atoms with Crippen molar-refractivity contribution in [1.82, 2.24) is 0 Å². The summed E-state index contributed by atoms with van der Waals surface area (Å²) in [5.41, 5.74) is 0.724. The molecule has 82 valence electrons. The molecule has 1 aromatic carbocycles. The Bertz CT molecular complexity index is 362. The monoisotopic (exact) mass is 211 g/mol. The number of hydrogen-bond acceptors (Lipinski definition) is 4. The number of benzene rings is 1. The largest absolute Gasteiger partial charge is 0.484 e. The van der Waals surface area contributed by atoms with Crippen molar-refractivity contribution in [2.24, 2.45) is 0 Å². The molecule has 0 saturated heterocycles. The number of nitro benzene ring substituents is 1. The summed E-state index contributed by atoms with van der Waals surface area (Å²) in [5, 5.41) is 19.7. The normalized spacial score (nSPS) is 12.2. The summed E-state index contributed by atoms with van der Waals surface area (Å²) in [4.78, 5) is 10.2. The first-order valence-corrected chi connectivity index (χ1v) is 4.56. The number of aliphatic hydroxyl groups is 1. The number of hydrogen-bond donors (Lipinski definition) is 1. The van der Waals surface area contributed by atoms with E-state index in [0.29, 0.717) is 0 Å². The van der Waals surface area contributed by atoms with Gasteiger partial charge in [-0.2, -0.15) is 0 Å². The van der Waals surface area contributed by atoms with E-state index in [1.54, 1.807) is 19.9 Å². The molecule has 0 aliphatic rings. The minimum absolute atomic E-state index is 0.0455. The lowest BCUT2D eigenvalue weighted by molar-refractivity contribution is -0.386. The lowest BCUT2D eigenvalue weighted by Crippen LogP contribution is -2.13. The second-order valence-electron chi connectivity index (χ2n) is 3.39. The molecule has 0 amide bonds. The van der Waals surface area contributed by atoms with Gasteiger partial charge in [-0.3, -0.25) is 10.1 Å². The van der Waals surface area contributed by atoms with Crippen molar-refractivity contribution in [2.75, 3.05) is 6.61 Å². The van der Waals surface area contributed by atoms with Crippen LogP contribution in [0.1, 0.15) is 12.5 Å². The summed E-state index contributed by atoms with van der Waals surface area (Å²) >= 11 is 0. The highest BCUT2D eigenvalue weighted by molar-refractivity contribution is 5.48. The molecule has 0 heterocycles. The first-order valence-electron chi connectivity index (χ1n) is 4.56. The number of aryl methyl sites for hydroxylation is 1. The number of ether oxygens (including phenoxy) is 1. The van der Waals surface area contributed by atoms with Crippen LogP contribution in [-0.2, 0) is 0 Å². The van der Waals surface area contributed by atoms with Crippen molar-refractivity contribution in [1.29, 1.82) is 0 Å². The summed E-state index contributed by atoms with van der Waals surface area (Å²) in [5.74, 6) is 0.187. The molecule has 1 unspecified atom stereocenters. The lowest BCUT2D eigenvalue weighted by atomic mass is 10.2. The quantitative estimate of drug-likeness (QED) is 0.607. The van der Waals surface area contributed by atoms with Crippen molar-refractivity contribution in [3.05, 3.63) is 33.9 Å². The Morgan fingerprint density at radius 1 is 1.60 bits per heavy atom. The number of nitrogens with zero attached hydrogens (tertiary/aromatic N) is 1. The predicted octanol–water partition coefficient (Wildman–Crippen LogP) is 1.66. The Kier molecular flexibility index (Phi) is 3.62. The topological polar surface area (TPSA) is 72.6 Å². The highest BCUT2D eigenvalue weighted by atomic mass is 16.6. The molecule has 0 radical (unpaired) electrons. The second-order valence-corrected chi connectivity index (χ2v) is 3.39. The van der Waals surface area contributed by atoms with Crippen LogP contribution in [0.2, 0.25) is 0 Å². The van der Waals surface area contributed by atoms with Gasteiger partial charge in [0.2, 0.25) is 0 Å². The minimum atomic E-state index is -0.647. The Labute approximate surface area is 87.5 Å². The third-order valence-electron chi connectivity index (χ3n) is 1.79. The van der Waals surface area contributed by atoms with E-state index in [4.69, 9.17) is 9.84 Å². The van der Waals surface area contributed by atoms with Crippen LogP contribution in [0.25, 0.3) is 0 Å². The summed E-state index contributed by atoms with van der Waals surface area (Å²) in [6.07, 6.45) is -0.647. The molecule has 0 aliphatic heterocycles. The molecule has 5 nitrogen and oxygen atoms in total. The molecule has 0 aliphatic carbocycles. The average Bonchev–Trinajstić information content (AvgIpc) is 2.15. The van der Waals surface area contributed by atoms with Gasteiger partial charge >= 0.3 is 5.69 Å². The summed E-state index contributed by atoms with van der Waals surface area (Å²) in [6.45, 7) is 3.37. The molecule has 1 aromatic rings. The highest BCUT2D eigenvalue weighted by Crippen LogP contribution is 2.27. The van der Waals surface area contributed by atoms with E-state index in [1.807, 2.05) is 0 Å². The minimum Gasteiger partial charge on any atom is -0.484 e. The molecule has 1 atom stereocenters. The fraction of sp³-hybridized carbons (Fsp3) is 0.400. The molecule has 15 heavy (non-hydrogen) atoms. The Morgan fingerprint density at radius 3 is 2.80 bits per heavy atom. The Hall–Kier alpha value is -1.62. The van der Waals surface area contributed by atoms with Gasteiger partial charge in [0, 0.05) is 6.07 Å². The molecule has 0 bridgehead atoms. The molecule has 5 heteroatoms. The maximum Gasteiger partial charge on any atom is 0.311 e. The van der Waals surface area contributed by atoms with Gasteiger partial charge in [-0.05, 0) is 25.5 Å². The third-order valence-corrected chi connectivity index (χ3v) is 1.79. The number of rotatable bonds is 4. The molecule has 0 spiro atoms. The standard InChI is InChI=1S/C10H13NO4/c1-7-3-4-10(15-6-8(2)12)9(5-7)11(13)14/h3-5,8,12H,6H2,1-2H3. The molecular formula is C10H13NO4. The first kappa shape index (κ1) is 11.5. The lowest BCUT2D eigenvalue weighted by Gasteiger charge is -2.08. The SMILES string of the molecule is Cc1ccc(OCC(C)O)c([N+](=O)[O-])c1. The van der Waals surface area contributed by atoms with Crippen molar-refractivity contribution >= 4 is 5.69 Å². The van der Waals surface area contributed by atoms with Gasteiger partial charge in [0.25, 0.3) is 0 Å². The van der Waals surface area contributed by atoms with Crippen molar-refractivity contribution in [3.63, 3.8) is 0 Å². The van der Waals surface area contributed by atoms with E-state index in [0.717, 1.165) is 5.56 Å². The van der Waals surface area contributed by atoms with Gasteiger partial charge in [-0.15, -0.1) is 0 Å². The van der Waals surface area contributed by atoms with Crippen LogP contribution in [-0.4, -0.2) is 22.7 Å². The zero-order chi connectivity index (χ0) is 11.4. The maximum atomic E-state index is 10.7. The van der Waals surface area contributed by atoms with Gasteiger partial charge < -0.3 is 9.84 Å². The molecule has 1 rings (SSSR count). The van der Waals surface area contributed by atoms with E-state index in [9.17, 15) is 10.1 Å². The average molecular weight is 211 g/mol. The van der Waals surface area contributed by atoms with Crippen molar-refractivity contribution in [3.8, 4) is 5.75 Å². The van der Waals surface area contributed by atoms with E-state index < -0.39 is 11.0 Å². The Morgan fingerprint density at radius 2 is 2.27 bits per heavy atom. The van der Waals surface area contributed by atoms with Crippen LogP contribution in [0.4, 0.5) is 5.69 Å². The van der Waals surface area contributed by atoms with E-state index >= 15 is 0 Å². The smallest absolute Gasteiger partial charge is 0.311 e. The molecule has 1 N–H and O–H groups in total. The summed E-state index contributed by atoms with van der Waals surface area (Å²) in [6, 6.07) is 4.71. The zero-order valence-electron chi connectivity index (χ0n) is 8.64. The number of nitro groups is 1. The maximum absolute atomic E-state index is 10.7. The molecule has 0 saturated carbocycles. The van der Waals surface area contributed by atoms with E-state index in [-0.39, 0.29) is 18.0 Å². The van der Waals surface area contributed by atoms with Crippen LogP contribution in [0.3, 0.4) is 0 Å². The third kappa shape index (κ3) is 3.21. The van der Waals surface area contributed by atoms with Gasteiger partial charge in [0.1, 0.15) is 6.61 Å². The van der Waals surface area contributed by atoms with Crippen LogP contribution in [0.5, 0.6) is 5.75 Å². The van der Waals surface area contributed by atoms with Gasteiger partial charge in [0.05, 0.1) is 11.0 Å².